The maximum absolute atomic E-state index is 12.5. The third-order valence-electron chi connectivity index (χ3n) is 5.53. The van der Waals surface area contributed by atoms with Crippen molar-refractivity contribution in [1.29, 1.82) is 0 Å². The van der Waals surface area contributed by atoms with Gasteiger partial charge in [-0.05, 0) is 37.2 Å². The van der Waals surface area contributed by atoms with Crippen molar-refractivity contribution in [3.05, 3.63) is 35.9 Å². The number of piperidine rings is 1. The molecule has 2 heterocycles. The maximum atomic E-state index is 12.5. The molecule has 0 aromatic heterocycles. The number of carboxylic acids is 1. The summed E-state index contributed by atoms with van der Waals surface area (Å²) >= 11 is 0. The van der Waals surface area contributed by atoms with E-state index in [-0.39, 0.29) is 11.9 Å². The van der Waals surface area contributed by atoms with E-state index in [0.717, 1.165) is 38.8 Å². The Balaban J connectivity index is 1.46. The van der Waals surface area contributed by atoms with Crippen molar-refractivity contribution >= 4 is 17.9 Å². The molecule has 0 saturated carbocycles. The number of rotatable bonds is 6. The quantitative estimate of drug-likeness (QED) is 0.800. The summed E-state index contributed by atoms with van der Waals surface area (Å²) in [6, 6.07) is 7.35. The number of hydrogen-bond donors (Lipinski definition) is 2. The summed E-state index contributed by atoms with van der Waals surface area (Å²) in [5.74, 6) is -0.306. The summed E-state index contributed by atoms with van der Waals surface area (Å²) in [7, 11) is 0. The summed E-state index contributed by atoms with van der Waals surface area (Å²) in [4.78, 5) is 39.4. The second-order valence-corrected chi connectivity index (χ2v) is 7.33. The van der Waals surface area contributed by atoms with Crippen LogP contribution in [0.25, 0.3) is 0 Å². The van der Waals surface area contributed by atoms with Crippen LogP contribution < -0.4 is 5.32 Å². The zero-order chi connectivity index (χ0) is 19.2. The number of benzene rings is 1. The molecule has 0 spiro atoms. The molecule has 0 bridgehead atoms. The lowest BCUT2D eigenvalue weighted by Crippen LogP contribution is -2.47. The first-order valence-corrected chi connectivity index (χ1v) is 9.65. The fraction of sp³-hybridized carbons (Fsp3) is 0.550. The van der Waals surface area contributed by atoms with Crippen LogP contribution in [0.1, 0.15) is 43.7 Å². The van der Waals surface area contributed by atoms with E-state index < -0.39 is 12.0 Å². The van der Waals surface area contributed by atoms with Crippen LogP contribution in [0.4, 0.5) is 4.79 Å². The molecule has 1 aromatic rings. The Morgan fingerprint density at radius 3 is 2.44 bits per heavy atom. The molecule has 0 aliphatic carbocycles. The van der Waals surface area contributed by atoms with Gasteiger partial charge in [0.25, 0.3) is 0 Å². The molecule has 2 fully saturated rings. The average Bonchev–Trinajstić information content (AvgIpc) is 3.10. The van der Waals surface area contributed by atoms with E-state index in [1.54, 1.807) is 29.2 Å². The van der Waals surface area contributed by atoms with Gasteiger partial charge in [-0.1, -0.05) is 30.3 Å². The topological polar surface area (TPSA) is 89.9 Å². The smallest absolute Gasteiger partial charge is 0.330 e. The van der Waals surface area contributed by atoms with E-state index in [9.17, 15) is 19.5 Å². The van der Waals surface area contributed by atoms with Crippen molar-refractivity contribution in [3.63, 3.8) is 0 Å². The van der Waals surface area contributed by atoms with Crippen molar-refractivity contribution in [2.45, 2.75) is 38.1 Å². The van der Waals surface area contributed by atoms with E-state index in [1.807, 2.05) is 11.0 Å². The largest absolute Gasteiger partial charge is 0.479 e. The van der Waals surface area contributed by atoms with Crippen molar-refractivity contribution in [2.24, 2.45) is 5.92 Å². The average molecular weight is 373 g/mol. The zero-order valence-corrected chi connectivity index (χ0v) is 15.5. The molecule has 7 nitrogen and oxygen atoms in total. The summed E-state index contributed by atoms with van der Waals surface area (Å²) in [6.45, 7) is 2.91. The van der Waals surface area contributed by atoms with Crippen molar-refractivity contribution in [1.82, 2.24) is 15.1 Å². The molecule has 2 saturated heterocycles. The van der Waals surface area contributed by atoms with Gasteiger partial charge in [-0.15, -0.1) is 0 Å². The fourth-order valence-electron chi connectivity index (χ4n) is 3.85. The number of nitrogens with one attached hydrogen (secondary N) is 1. The van der Waals surface area contributed by atoms with Gasteiger partial charge in [-0.3, -0.25) is 4.79 Å². The summed E-state index contributed by atoms with van der Waals surface area (Å²) in [6.07, 6.45) is 4.38. The minimum atomic E-state index is -1.07. The molecule has 2 N–H and O–H groups in total. The number of hydrogen-bond acceptors (Lipinski definition) is 3. The van der Waals surface area contributed by atoms with Crippen LogP contribution in [0.15, 0.2) is 30.3 Å². The van der Waals surface area contributed by atoms with Crippen LogP contribution in [0.2, 0.25) is 0 Å². The first-order valence-electron chi connectivity index (χ1n) is 9.65. The van der Waals surface area contributed by atoms with Crippen molar-refractivity contribution in [2.75, 3.05) is 26.2 Å². The molecular weight excluding hydrogens is 346 g/mol. The second kappa shape index (κ2) is 8.88. The molecule has 2 aliphatic heterocycles. The molecule has 146 valence electrons. The predicted octanol–water partition coefficient (Wildman–Crippen LogP) is 2.25. The minimum Gasteiger partial charge on any atom is -0.479 e. The molecule has 7 heteroatoms. The van der Waals surface area contributed by atoms with Crippen LogP contribution >= 0.6 is 0 Å². The van der Waals surface area contributed by atoms with Gasteiger partial charge in [-0.25, -0.2) is 9.59 Å². The summed E-state index contributed by atoms with van der Waals surface area (Å²) in [5, 5.41) is 12.1. The van der Waals surface area contributed by atoms with Crippen LogP contribution in [0.5, 0.6) is 0 Å². The first-order chi connectivity index (χ1) is 13.0. The molecule has 1 aromatic carbocycles. The Hall–Kier alpha value is -2.57. The monoisotopic (exact) mass is 373 g/mol. The van der Waals surface area contributed by atoms with E-state index in [1.165, 1.54) is 0 Å². The third kappa shape index (κ3) is 4.99. The minimum absolute atomic E-state index is 0.257. The SMILES string of the molecule is O=C(O)[C@@H](NC(=O)N1CCC(CCN2CCCC2=O)CC1)c1ccccc1. The first kappa shape index (κ1) is 19.2. The lowest BCUT2D eigenvalue weighted by molar-refractivity contribution is -0.139. The second-order valence-electron chi connectivity index (χ2n) is 7.33. The highest BCUT2D eigenvalue weighted by Crippen LogP contribution is 2.23. The Bertz CT molecular complexity index is 671. The number of amides is 3. The Labute approximate surface area is 159 Å². The number of carbonyl (C=O) groups excluding carboxylic acids is 2. The predicted molar refractivity (Wildman–Crippen MR) is 100 cm³/mol. The highest BCUT2D eigenvalue weighted by Gasteiger charge is 2.28. The lowest BCUT2D eigenvalue weighted by atomic mass is 9.93. The number of aliphatic carboxylic acids is 1. The molecule has 3 rings (SSSR count). The molecule has 0 unspecified atom stereocenters. The highest BCUT2D eigenvalue weighted by molar-refractivity contribution is 5.83. The fourth-order valence-corrected chi connectivity index (χ4v) is 3.85. The van der Waals surface area contributed by atoms with Crippen LogP contribution in [-0.4, -0.2) is 59.0 Å². The third-order valence-corrected chi connectivity index (χ3v) is 5.53. The van der Waals surface area contributed by atoms with E-state index in [4.69, 9.17) is 0 Å². The standard InChI is InChI=1S/C20H27N3O4/c24-17-7-4-11-22(17)12-8-15-9-13-23(14-10-15)20(27)21-18(19(25)26)16-5-2-1-3-6-16/h1-3,5-6,15,18H,4,7-14H2,(H,21,27)(H,25,26)/t18-/m0/s1. The van der Waals surface area contributed by atoms with E-state index in [0.29, 0.717) is 31.0 Å². The maximum Gasteiger partial charge on any atom is 0.330 e. The van der Waals surface area contributed by atoms with E-state index in [2.05, 4.69) is 5.32 Å². The number of carboxylic acid groups (broad SMARTS) is 1. The van der Waals surface area contributed by atoms with Gasteiger partial charge >= 0.3 is 12.0 Å². The Morgan fingerprint density at radius 2 is 1.85 bits per heavy atom. The van der Waals surface area contributed by atoms with E-state index >= 15 is 0 Å². The number of likely N-dealkylation sites (tertiary alicyclic amines) is 2. The van der Waals surface area contributed by atoms with Crippen molar-refractivity contribution in [3.8, 4) is 0 Å². The summed E-state index contributed by atoms with van der Waals surface area (Å²) in [5.41, 5.74) is 0.559. The number of nitrogens with zero attached hydrogens (tertiary/aromatic N) is 2. The van der Waals surface area contributed by atoms with Crippen LogP contribution in [0, 0.1) is 5.92 Å². The van der Waals surface area contributed by atoms with Gasteiger partial charge in [0.1, 0.15) is 0 Å². The Kier molecular flexibility index (Phi) is 6.32. The number of carbonyl (C=O) groups is 3. The molecule has 1 atom stereocenters. The van der Waals surface area contributed by atoms with Crippen LogP contribution in [0.3, 0.4) is 0 Å². The van der Waals surface area contributed by atoms with Crippen LogP contribution in [-0.2, 0) is 9.59 Å². The normalized spacial score (nSPS) is 19.2. The Morgan fingerprint density at radius 1 is 1.15 bits per heavy atom. The van der Waals surface area contributed by atoms with Gasteiger partial charge in [0.05, 0.1) is 0 Å². The molecule has 3 amide bonds. The molecule has 0 radical (unpaired) electrons. The zero-order valence-electron chi connectivity index (χ0n) is 15.5. The van der Waals surface area contributed by atoms with Gasteiger partial charge in [0, 0.05) is 32.6 Å². The molecule has 27 heavy (non-hydrogen) atoms. The highest BCUT2D eigenvalue weighted by atomic mass is 16.4. The van der Waals surface area contributed by atoms with Gasteiger partial charge < -0.3 is 20.2 Å². The van der Waals surface area contributed by atoms with Crippen molar-refractivity contribution < 1.29 is 19.5 Å². The lowest BCUT2D eigenvalue weighted by Gasteiger charge is -2.33. The molecule has 2 aliphatic rings. The number of urea groups is 1. The van der Waals surface area contributed by atoms with Gasteiger partial charge in [0.15, 0.2) is 6.04 Å². The van der Waals surface area contributed by atoms with Gasteiger partial charge in [0.2, 0.25) is 5.91 Å². The molecular formula is C20H27N3O4. The summed E-state index contributed by atoms with van der Waals surface area (Å²) < 4.78 is 0. The van der Waals surface area contributed by atoms with Gasteiger partial charge in [-0.2, -0.15) is 0 Å².